The minimum absolute atomic E-state index is 0.212. The van der Waals surface area contributed by atoms with Crippen LogP contribution < -0.4 is 0 Å². The highest BCUT2D eigenvalue weighted by molar-refractivity contribution is 6.76. The summed E-state index contributed by atoms with van der Waals surface area (Å²) in [5.74, 6) is 1.84. The predicted octanol–water partition coefficient (Wildman–Crippen LogP) is 6.88. The molecule has 1 aliphatic rings. The summed E-state index contributed by atoms with van der Waals surface area (Å²) in [4.78, 5) is 12.8. The second-order valence-corrected chi connectivity index (χ2v) is 15.1. The van der Waals surface area contributed by atoms with E-state index < -0.39 is 8.07 Å². The number of allylic oxidation sites excluding steroid dienone is 5. The lowest BCUT2D eigenvalue weighted by molar-refractivity contribution is -0.138. The molecule has 0 spiro atoms. The monoisotopic (exact) mass is 412 g/mol. The van der Waals surface area contributed by atoms with Gasteiger partial charge in [0.25, 0.3) is 0 Å². The predicted molar refractivity (Wildman–Crippen MR) is 125 cm³/mol. The number of aryl methyl sites for hydroxylation is 1. The number of carbonyl (C=O) groups is 1. The second-order valence-electron chi connectivity index (χ2n) is 9.50. The van der Waals surface area contributed by atoms with Crippen molar-refractivity contribution in [1.29, 1.82) is 0 Å². The first-order valence-electron chi connectivity index (χ1n) is 10.5. The Bertz CT molecular complexity index is 846. The van der Waals surface area contributed by atoms with Crippen molar-refractivity contribution in [3.05, 3.63) is 65.2 Å². The number of hydrogen-bond acceptors (Lipinski definition) is 3. The first-order valence-corrected chi connectivity index (χ1v) is 14.2. The smallest absolute Gasteiger partial charge is 0.333 e. The summed E-state index contributed by atoms with van der Waals surface area (Å²) in [5, 5.41) is 0. The quantitative estimate of drug-likeness (QED) is 0.290. The van der Waals surface area contributed by atoms with Gasteiger partial charge in [0.1, 0.15) is 11.5 Å². The van der Waals surface area contributed by atoms with Crippen LogP contribution in [0.1, 0.15) is 43.8 Å². The van der Waals surface area contributed by atoms with Gasteiger partial charge in [-0.05, 0) is 62.8 Å². The summed E-state index contributed by atoms with van der Waals surface area (Å²) in [5.41, 5.74) is 4.79. The summed E-state index contributed by atoms with van der Waals surface area (Å²) >= 11 is 0. The van der Waals surface area contributed by atoms with E-state index in [9.17, 15) is 4.79 Å². The highest BCUT2D eigenvalue weighted by Crippen LogP contribution is 2.32. The third-order valence-electron chi connectivity index (χ3n) is 5.44. The van der Waals surface area contributed by atoms with Crippen molar-refractivity contribution in [2.24, 2.45) is 5.92 Å². The average Bonchev–Trinajstić information content (AvgIpc) is 2.92. The number of rotatable bonds is 6. The molecule has 29 heavy (non-hydrogen) atoms. The van der Waals surface area contributed by atoms with Gasteiger partial charge in [0.15, 0.2) is 0 Å². The lowest BCUT2D eigenvalue weighted by Crippen LogP contribution is -2.23. The van der Waals surface area contributed by atoms with Crippen LogP contribution >= 0.6 is 0 Å². The number of esters is 1. The van der Waals surface area contributed by atoms with Crippen LogP contribution in [0.4, 0.5) is 0 Å². The van der Waals surface area contributed by atoms with E-state index in [0.717, 1.165) is 52.7 Å². The molecule has 0 aromatic carbocycles. The van der Waals surface area contributed by atoms with E-state index in [2.05, 4.69) is 52.7 Å². The zero-order chi connectivity index (χ0) is 21.8. The molecule has 0 saturated heterocycles. The van der Waals surface area contributed by atoms with Crippen molar-refractivity contribution < 1.29 is 13.9 Å². The topological polar surface area (TPSA) is 39.4 Å². The summed E-state index contributed by atoms with van der Waals surface area (Å²) in [6.07, 6.45) is 6.13. The summed E-state index contributed by atoms with van der Waals surface area (Å²) in [6.45, 7) is 21.7. The van der Waals surface area contributed by atoms with Crippen LogP contribution in [0.5, 0.6) is 0 Å². The molecule has 0 amide bonds. The first-order chi connectivity index (χ1) is 13.5. The van der Waals surface area contributed by atoms with Crippen molar-refractivity contribution >= 4 is 19.6 Å². The molecular formula is C25H36O3Si. The summed E-state index contributed by atoms with van der Waals surface area (Å²) in [6, 6.07) is 3.04. The van der Waals surface area contributed by atoms with Crippen LogP contribution in [0.25, 0.3) is 5.57 Å². The fourth-order valence-electron chi connectivity index (χ4n) is 3.35. The summed E-state index contributed by atoms with van der Waals surface area (Å²) in [7, 11) is -1.24. The number of furan rings is 1. The fourth-order valence-corrected chi connectivity index (χ4v) is 4.06. The molecule has 3 nitrogen and oxygen atoms in total. The Balaban J connectivity index is 2.37. The van der Waals surface area contributed by atoms with Gasteiger partial charge in [-0.1, -0.05) is 50.5 Å². The van der Waals surface area contributed by atoms with Crippen molar-refractivity contribution in [2.75, 3.05) is 6.61 Å². The summed E-state index contributed by atoms with van der Waals surface area (Å²) < 4.78 is 11.8. The molecule has 2 bridgehead atoms. The number of ether oxygens (including phenoxy) is 1. The van der Waals surface area contributed by atoms with Crippen LogP contribution in [-0.4, -0.2) is 20.7 Å². The standard InChI is InChI=1S/C25H36O3Si/c1-17(2)21-10-9-20(25(26)27-13-14-29(6,7)8)11-12-22(18(3)4)24-15-19(5)23(16-21)28-24/h11-12,15,21H,1,3,9-10,13-14,16H2,2,4-8H3/b20-11-,22-12-/t21-/m0/s1. The van der Waals surface area contributed by atoms with Gasteiger partial charge in [-0.3, -0.25) is 0 Å². The fraction of sp³-hybridized carbons (Fsp3) is 0.480. The van der Waals surface area contributed by atoms with E-state index in [1.54, 1.807) is 0 Å². The van der Waals surface area contributed by atoms with E-state index in [0.29, 0.717) is 18.6 Å². The molecule has 1 aromatic rings. The maximum absolute atomic E-state index is 12.8. The first kappa shape index (κ1) is 23.2. The zero-order valence-electron chi connectivity index (χ0n) is 19.0. The highest BCUT2D eigenvalue weighted by atomic mass is 28.3. The van der Waals surface area contributed by atoms with Gasteiger partial charge < -0.3 is 9.15 Å². The van der Waals surface area contributed by atoms with E-state index in [1.807, 2.05) is 19.1 Å². The Morgan fingerprint density at radius 3 is 2.52 bits per heavy atom. The largest absolute Gasteiger partial charge is 0.463 e. The maximum Gasteiger partial charge on any atom is 0.333 e. The van der Waals surface area contributed by atoms with Gasteiger partial charge in [-0.2, -0.15) is 0 Å². The van der Waals surface area contributed by atoms with Gasteiger partial charge in [-0.25, -0.2) is 4.79 Å². The van der Waals surface area contributed by atoms with Gasteiger partial charge in [-0.15, -0.1) is 0 Å². The maximum atomic E-state index is 12.8. The second kappa shape index (κ2) is 9.62. The van der Waals surface area contributed by atoms with E-state index in [1.165, 1.54) is 0 Å². The van der Waals surface area contributed by atoms with Gasteiger partial charge in [0.2, 0.25) is 0 Å². The van der Waals surface area contributed by atoms with Gasteiger partial charge in [0.05, 0.1) is 6.61 Å². The van der Waals surface area contributed by atoms with Crippen LogP contribution in [-0.2, 0) is 16.0 Å². The van der Waals surface area contributed by atoms with Crippen LogP contribution in [0.15, 0.2) is 52.5 Å². The zero-order valence-corrected chi connectivity index (χ0v) is 20.0. The van der Waals surface area contributed by atoms with E-state index in [-0.39, 0.29) is 11.9 Å². The Labute approximate surface area is 177 Å². The molecule has 2 rings (SSSR count). The normalized spacial score (nSPS) is 21.2. The molecule has 0 N–H and O–H groups in total. The minimum Gasteiger partial charge on any atom is -0.463 e. The van der Waals surface area contributed by atoms with Gasteiger partial charge >= 0.3 is 5.97 Å². The van der Waals surface area contributed by atoms with Crippen molar-refractivity contribution in [3.63, 3.8) is 0 Å². The molecule has 0 fully saturated rings. The average molecular weight is 413 g/mol. The molecule has 0 unspecified atom stereocenters. The van der Waals surface area contributed by atoms with E-state index in [4.69, 9.17) is 9.15 Å². The number of hydrogen-bond donors (Lipinski definition) is 0. The van der Waals surface area contributed by atoms with Crippen LogP contribution in [0, 0.1) is 12.8 Å². The molecule has 0 radical (unpaired) electrons. The van der Waals surface area contributed by atoms with Crippen molar-refractivity contribution in [1.82, 2.24) is 0 Å². The SMILES string of the molecule is C=C(C)/C1=C/C=C(\C(=O)OCC[Si](C)(C)C)CC[C@H](C(=C)C)Cc2oc1cc2C. The Morgan fingerprint density at radius 2 is 1.93 bits per heavy atom. The number of carbonyl (C=O) groups excluding carboxylic acids is 1. The third-order valence-corrected chi connectivity index (χ3v) is 7.14. The lowest BCUT2D eigenvalue weighted by Gasteiger charge is -2.18. The van der Waals surface area contributed by atoms with Gasteiger partial charge in [0, 0.05) is 25.6 Å². The lowest BCUT2D eigenvalue weighted by atomic mass is 9.89. The number of fused-ring (bicyclic) bond motifs is 2. The molecule has 1 aromatic heterocycles. The molecule has 0 saturated carbocycles. The molecule has 1 aliphatic heterocycles. The van der Waals surface area contributed by atoms with E-state index >= 15 is 0 Å². The molecule has 4 heteroatoms. The third kappa shape index (κ3) is 6.74. The molecule has 1 atom stereocenters. The highest BCUT2D eigenvalue weighted by Gasteiger charge is 2.22. The van der Waals surface area contributed by atoms with Crippen molar-refractivity contribution in [2.45, 2.75) is 65.7 Å². The molecule has 158 valence electrons. The van der Waals surface area contributed by atoms with Crippen LogP contribution in [0.3, 0.4) is 0 Å². The Hall–Kier alpha value is -2.07. The Kier molecular flexibility index (Phi) is 7.70. The molecule has 0 aliphatic carbocycles. The Morgan fingerprint density at radius 1 is 1.24 bits per heavy atom. The van der Waals surface area contributed by atoms with Crippen LogP contribution in [0.2, 0.25) is 25.7 Å². The van der Waals surface area contributed by atoms with Crippen molar-refractivity contribution in [3.8, 4) is 0 Å². The minimum atomic E-state index is -1.24. The molecule has 2 heterocycles. The molecular weight excluding hydrogens is 376 g/mol.